The van der Waals surface area contributed by atoms with Crippen molar-refractivity contribution in [3.63, 3.8) is 0 Å². The number of hydrogen-bond acceptors (Lipinski definition) is 6. The largest absolute Gasteiger partial charge is 0.497 e. The lowest BCUT2D eigenvalue weighted by molar-refractivity contribution is -0.130. The molecule has 1 fully saturated rings. The molecule has 36 heavy (non-hydrogen) atoms. The van der Waals surface area contributed by atoms with Crippen molar-refractivity contribution in [2.24, 2.45) is 0 Å². The summed E-state index contributed by atoms with van der Waals surface area (Å²) in [5, 5.41) is 2.74. The van der Waals surface area contributed by atoms with Gasteiger partial charge in [0.2, 0.25) is 6.79 Å². The molecule has 5 rings (SSSR count). The van der Waals surface area contributed by atoms with Gasteiger partial charge < -0.3 is 24.1 Å². The third-order valence-electron chi connectivity index (χ3n) is 6.90. The fourth-order valence-corrected chi connectivity index (χ4v) is 4.74. The first-order valence-corrected chi connectivity index (χ1v) is 11.6. The van der Waals surface area contributed by atoms with Crippen LogP contribution in [0.15, 0.2) is 48.5 Å². The van der Waals surface area contributed by atoms with Gasteiger partial charge in [-0.3, -0.25) is 14.5 Å². The molecular weight excluding hydrogens is 462 g/mol. The van der Waals surface area contributed by atoms with Crippen LogP contribution in [0.2, 0.25) is 0 Å². The van der Waals surface area contributed by atoms with E-state index in [9.17, 15) is 14.4 Å². The van der Waals surface area contributed by atoms with Crippen molar-refractivity contribution < 1.29 is 28.6 Å². The molecule has 0 aliphatic carbocycles. The lowest BCUT2D eigenvalue weighted by atomic mass is 9.92. The van der Waals surface area contributed by atoms with Crippen molar-refractivity contribution in [1.29, 1.82) is 0 Å². The van der Waals surface area contributed by atoms with Crippen molar-refractivity contribution >= 4 is 17.7 Å². The molecular formula is C27H27N3O6. The zero-order valence-corrected chi connectivity index (χ0v) is 20.6. The molecule has 3 amide bonds. The highest BCUT2D eigenvalue weighted by Crippen LogP contribution is 2.33. The van der Waals surface area contributed by atoms with Gasteiger partial charge in [-0.1, -0.05) is 18.2 Å². The topological polar surface area (TPSA) is 99.1 Å². The molecule has 1 atom stereocenters. The van der Waals surface area contributed by atoms with Gasteiger partial charge in [-0.15, -0.1) is 0 Å². The number of Topliss-reactive ketones (excluding diaryl/α,β-unsaturated/α-hetero) is 1. The molecule has 1 N–H and O–H groups in total. The van der Waals surface area contributed by atoms with Gasteiger partial charge in [-0.2, -0.15) is 0 Å². The van der Waals surface area contributed by atoms with E-state index in [1.807, 2.05) is 36.6 Å². The lowest BCUT2D eigenvalue weighted by Gasteiger charge is -2.22. The Morgan fingerprint density at radius 2 is 1.78 bits per heavy atom. The number of carbonyl (C=O) groups excluding carboxylic acids is 3. The number of benzene rings is 2. The Bertz CT molecular complexity index is 1380. The molecule has 186 valence electrons. The number of ether oxygens (including phenoxy) is 3. The number of carbonyl (C=O) groups is 3. The minimum atomic E-state index is -1.26. The van der Waals surface area contributed by atoms with E-state index in [4.69, 9.17) is 14.2 Å². The van der Waals surface area contributed by atoms with Gasteiger partial charge in [0.15, 0.2) is 17.3 Å². The van der Waals surface area contributed by atoms with Crippen LogP contribution in [0.3, 0.4) is 0 Å². The van der Waals surface area contributed by atoms with Crippen molar-refractivity contribution in [3.05, 3.63) is 76.6 Å². The van der Waals surface area contributed by atoms with E-state index < -0.39 is 17.5 Å². The average Bonchev–Trinajstić information content (AvgIpc) is 3.51. The fraction of sp³-hybridized carbons (Fsp3) is 0.296. The summed E-state index contributed by atoms with van der Waals surface area (Å²) in [6.07, 6.45) is 0. The van der Waals surface area contributed by atoms with Gasteiger partial charge in [-0.25, -0.2) is 4.79 Å². The Morgan fingerprint density at radius 1 is 1.06 bits per heavy atom. The normalized spacial score (nSPS) is 18.5. The second-order valence-corrected chi connectivity index (χ2v) is 9.16. The number of hydrogen-bond donors (Lipinski definition) is 1. The van der Waals surface area contributed by atoms with Crippen molar-refractivity contribution in [3.8, 4) is 17.2 Å². The van der Waals surface area contributed by atoms with Gasteiger partial charge in [0.25, 0.3) is 5.91 Å². The van der Waals surface area contributed by atoms with Crippen LogP contribution in [0.4, 0.5) is 4.79 Å². The first-order chi connectivity index (χ1) is 17.2. The SMILES string of the molecule is COc1ccc(C2(C)NC(=O)N(CC(=O)c3cc(C)n(Cc4ccc5c(c4)OCO5)c3C)C2=O)cc1. The summed E-state index contributed by atoms with van der Waals surface area (Å²) in [6.45, 7) is 5.83. The highest BCUT2D eigenvalue weighted by atomic mass is 16.7. The van der Waals surface area contributed by atoms with Crippen LogP contribution in [-0.4, -0.2) is 47.6 Å². The van der Waals surface area contributed by atoms with Crippen LogP contribution in [0, 0.1) is 13.8 Å². The van der Waals surface area contributed by atoms with E-state index in [0.29, 0.717) is 34.9 Å². The first kappa shape index (κ1) is 23.5. The van der Waals surface area contributed by atoms with Gasteiger partial charge in [0.1, 0.15) is 11.3 Å². The van der Waals surface area contributed by atoms with Crippen molar-refractivity contribution in [1.82, 2.24) is 14.8 Å². The summed E-state index contributed by atoms with van der Waals surface area (Å²) in [7, 11) is 1.55. The van der Waals surface area contributed by atoms with Crippen LogP contribution in [0.1, 0.15) is 39.8 Å². The van der Waals surface area contributed by atoms with Gasteiger partial charge in [0, 0.05) is 23.5 Å². The van der Waals surface area contributed by atoms with Gasteiger partial charge >= 0.3 is 6.03 Å². The van der Waals surface area contributed by atoms with Gasteiger partial charge in [0.05, 0.1) is 13.7 Å². The van der Waals surface area contributed by atoms with Gasteiger partial charge in [-0.05, 0) is 62.2 Å². The number of nitrogens with zero attached hydrogens (tertiary/aromatic N) is 2. The number of aryl methyl sites for hydroxylation is 1. The molecule has 0 spiro atoms. The average molecular weight is 490 g/mol. The second-order valence-electron chi connectivity index (χ2n) is 9.16. The van der Waals surface area contributed by atoms with E-state index in [-0.39, 0.29) is 19.1 Å². The highest BCUT2D eigenvalue weighted by molar-refractivity contribution is 6.11. The van der Waals surface area contributed by atoms with E-state index >= 15 is 0 Å². The van der Waals surface area contributed by atoms with E-state index in [1.165, 1.54) is 0 Å². The zero-order chi connectivity index (χ0) is 25.6. The molecule has 3 aromatic rings. The number of nitrogens with one attached hydrogen (secondary N) is 1. The molecule has 2 aromatic carbocycles. The smallest absolute Gasteiger partial charge is 0.325 e. The zero-order valence-electron chi connectivity index (χ0n) is 20.6. The summed E-state index contributed by atoms with van der Waals surface area (Å²) >= 11 is 0. The number of fused-ring (bicyclic) bond motifs is 1. The molecule has 2 aliphatic heterocycles. The van der Waals surface area contributed by atoms with Crippen molar-refractivity contribution in [2.45, 2.75) is 32.9 Å². The van der Waals surface area contributed by atoms with Crippen LogP contribution in [-0.2, 0) is 16.9 Å². The predicted octanol–water partition coefficient (Wildman–Crippen LogP) is 3.54. The number of imide groups is 1. The minimum Gasteiger partial charge on any atom is -0.497 e. The maximum Gasteiger partial charge on any atom is 0.325 e. The Kier molecular flexibility index (Phi) is 5.70. The molecule has 9 heteroatoms. The maximum atomic E-state index is 13.3. The van der Waals surface area contributed by atoms with Crippen molar-refractivity contribution in [2.75, 3.05) is 20.4 Å². The Balaban J connectivity index is 1.34. The molecule has 2 aliphatic rings. The minimum absolute atomic E-state index is 0.208. The fourth-order valence-electron chi connectivity index (χ4n) is 4.74. The standard InChI is InChI=1S/C27H27N3O6/c1-16-11-21(17(2)29(16)13-18-5-10-23-24(12-18)36-15-35-23)22(31)14-30-25(32)27(3,28-26(30)33)19-6-8-20(34-4)9-7-19/h5-12H,13-15H2,1-4H3,(H,28,33). The molecule has 1 saturated heterocycles. The Morgan fingerprint density at radius 3 is 2.50 bits per heavy atom. The molecule has 1 aromatic heterocycles. The van der Waals surface area contributed by atoms with Crippen LogP contribution in [0.25, 0.3) is 0 Å². The van der Waals surface area contributed by atoms with Crippen LogP contribution >= 0.6 is 0 Å². The van der Waals surface area contributed by atoms with E-state index in [2.05, 4.69) is 5.32 Å². The number of urea groups is 1. The molecule has 0 saturated carbocycles. The Hall–Kier alpha value is -4.27. The molecule has 0 radical (unpaired) electrons. The third kappa shape index (κ3) is 3.86. The maximum absolute atomic E-state index is 13.3. The summed E-state index contributed by atoms with van der Waals surface area (Å²) in [4.78, 5) is 40.3. The Labute approximate surface area is 208 Å². The lowest BCUT2D eigenvalue weighted by Crippen LogP contribution is -2.41. The monoisotopic (exact) mass is 489 g/mol. The molecule has 9 nitrogen and oxygen atoms in total. The van der Waals surface area contributed by atoms with Crippen LogP contribution in [0.5, 0.6) is 17.2 Å². The van der Waals surface area contributed by atoms with Crippen LogP contribution < -0.4 is 19.5 Å². The third-order valence-corrected chi connectivity index (χ3v) is 6.90. The second kappa shape index (κ2) is 8.75. The molecule has 0 bridgehead atoms. The number of ketones is 1. The quantitative estimate of drug-likeness (QED) is 0.403. The number of methoxy groups -OCH3 is 1. The molecule has 3 heterocycles. The first-order valence-electron chi connectivity index (χ1n) is 11.6. The predicted molar refractivity (Wildman–Crippen MR) is 130 cm³/mol. The number of amides is 3. The summed E-state index contributed by atoms with van der Waals surface area (Å²) < 4.78 is 18.0. The number of rotatable bonds is 7. The highest BCUT2D eigenvalue weighted by Gasteiger charge is 2.49. The molecule has 1 unspecified atom stereocenters. The summed E-state index contributed by atoms with van der Waals surface area (Å²) in [5.74, 6) is 1.28. The van der Waals surface area contributed by atoms with E-state index in [1.54, 1.807) is 44.4 Å². The summed E-state index contributed by atoms with van der Waals surface area (Å²) in [5.41, 5.74) is 2.49. The number of aromatic nitrogens is 1. The summed E-state index contributed by atoms with van der Waals surface area (Å²) in [6, 6.07) is 13.9. The van der Waals surface area contributed by atoms with E-state index in [0.717, 1.165) is 21.9 Å².